The van der Waals surface area contributed by atoms with Crippen LogP contribution in [0.15, 0.2) is 77.2 Å². The number of benzene rings is 2. The SMILES string of the molecule is CN(C)P(=S)(C1=C(N2CCOCC2)/C(=C\c2ccccc2)CC1)c1ccccc1. The molecule has 5 heteroatoms. The van der Waals surface area contributed by atoms with Crippen LogP contribution in [-0.2, 0) is 16.5 Å². The molecule has 152 valence electrons. The minimum Gasteiger partial charge on any atom is -0.378 e. The van der Waals surface area contributed by atoms with Gasteiger partial charge < -0.3 is 9.64 Å². The highest BCUT2D eigenvalue weighted by Gasteiger charge is 2.36. The summed E-state index contributed by atoms with van der Waals surface area (Å²) in [6, 6.07) is 21.4. The van der Waals surface area contributed by atoms with E-state index in [1.165, 1.54) is 27.5 Å². The second kappa shape index (κ2) is 8.97. The lowest BCUT2D eigenvalue weighted by atomic mass is 10.1. The van der Waals surface area contributed by atoms with Gasteiger partial charge in [-0.3, -0.25) is 4.67 Å². The van der Waals surface area contributed by atoms with Crippen molar-refractivity contribution in [3.05, 3.63) is 82.8 Å². The minimum absolute atomic E-state index is 0.783. The fourth-order valence-corrected chi connectivity index (χ4v) is 8.01. The van der Waals surface area contributed by atoms with Crippen molar-refractivity contribution in [3.63, 3.8) is 0 Å². The number of hydrogen-bond donors (Lipinski definition) is 0. The summed E-state index contributed by atoms with van der Waals surface area (Å²) in [5, 5.41) is 2.73. The van der Waals surface area contributed by atoms with Gasteiger partial charge in [0.25, 0.3) is 0 Å². The molecule has 0 aromatic heterocycles. The van der Waals surface area contributed by atoms with Crippen LogP contribution < -0.4 is 5.30 Å². The number of rotatable bonds is 5. The Hall–Kier alpha value is -1.71. The third kappa shape index (κ3) is 4.13. The molecule has 0 saturated carbocycles. The number of morpholine rings is 1. The Kier molecular flexibility index (Phi) is 6.36. The number of allylic oxidation sites excluding steroid dienone is 2. The molecule has 1 saturated heterocycles. The molecule has 1 unspecified atom stereocenters. The van der Waals surface area contributed by atoms with Crippen molar-refractivity contribution in [3.8, 4) is 0 Å². The first-order chi connectivity index (χ1) is 14.1. The van der Waals surface area contributed by atoms with E-state index in [4.69, 9.17) is 16.5 Å². The van der Waals surface area contributed by atoms with Gasteiger partial charge >= 0.3 is 0 Å². The Labute approximate surface area is 179 Å². The number of nitrogens with zero attached hydrogens (tertiary/aromatic N) is 2. The molecule has 1 aliphatic carbocycles. The molecule has 1 aliphatic heterocycles. The molecule has 2 aromatic rings. The highest BCUT2D eigenvalue weighted by atomic mass is 32.4. The maximum Gasteiger partial charge on any atom is 0.0686 e. The van der Waals surface area contributed by atoms with Crippen LogP contribution >= 0.6 is 6.19 Å². The lowest BCUT2D eigenvalue weighted by Crippen LogP contribution is -2.36. The van der Waals surface area contributed by atoms with Gasteiger partial charge in [-0.15, -0.1) is 0 Å². The summed E-state index contributed by atoms with van der Waals surface area (Å²) in [4.78, 5) is 2.52. The Morgan fingerprint density at radius 3 is 2.17 bits per heavy atom. The Morgan fingerprint density at radius 1 is 0.931 bits per heavy atom. The zero-order valence-corrected chi connectivity index (χ0v) is 19.0. The van der Waals surface area contributed by atoms with Crippen molar-refractivity contribution in [2.75, 3.05) is 40.4 Å². The molecule has 0 radical (unpaired) electrons. The van der Waals surface area contributed by atoms with Crippen LogP contribution in [0.25, 0.3) is 6.08 Å². The van der Waals surface area contributed by atoms with E-state index in [0.29, 0.717) is 0 Å². The number of ether oxygens (including phenoxy) is 1. The van der Waals surface area contributed by atoms with Gasteiger partial charge in [-0.2, -0.15) is 0 Å². The first-order valence-electron chi connectivity index (χ1n) is 10.3. The fraction of sp³-hybridized carbons (Fsp3) is 0.333. The van der Waals surface area contributed by atoms with Gasteiger partial charge in [0.15, 0.2) is 0 Å². The molecular weight excluding hydrogens is 395 g/mol. The highest BCUT2D eigenvalue weighted by molar-refractivity contribution is 8.19. The molecule has 0 spiro atoms. The zero-order valence-electron chi connectivity index (χ0n) is 17.3. The number of hydrogen-bond acceptors (Lipinski definition) is 3. The van der Waals surface area contributed by atoms with Gasteiger partial charge in [0, 0.05) is 29.4 Å². The van der Waals surface area contributed by atoms with Gasteiger partial charge in [0.05, 0.1) is 19.4 Å². The third-order valence-electron chi connectivity index (χ3n) is 5.71. The second-order valence-electron chi connectivity index (χ2n) is 7.73. The average Bonchev–Trinajstić information content (AvgIpc) is 3.19. The molecule has 0 amide bonds. The second-order valence-corrected chi connectivity index (χ2v) is 12.3. The van der Waals surface area contributed by atoms with Crippen LogP contribution in [0.4, 0.5) is 0 Å². The van der Waals surface area contributed by atoms with Crippen molar-refractivity contribution in [1.82, 2.24) is 9.57 Å². The monoisotopic (exact) mass is 424 g/mol. The Balaban J connectivity index is 1.87. The molecule has 1 fully saturated rings. The van der Waals surface area contributed by atoms with E-state index in [1.54, 1.807) is 0 Å². The molecule has 2 aliphatic rings. The molecule has 4 rings (SSSR count). The molecule has 1 heterocycles. The average molecular weight is 425 g/mol. The first-order valence-corrected chi connectivity index (χ1v) is 13.0. The van der Waals surface area contributed by atoms with Gasteiger partial charge in [0.1, 0.15) is 0 Å². The zero-order chi connectivity index (χ0) is 20.3. The van der Waals surface area contributed by atoms with Crippen LogP contribution in [0.1, 0.15) is 18.4 Å². The van der Waals surface area contributed by atoms with Gasteiger partial charge in [0.2, 0.25) is 0 Å². The van der Waals surface area contributed by atoms with E-state index in [2.05, 4.69) is 90.4 Å². The summed E-state index contributed by atoms with van der Waals surface area (Å²) in [7, 11) is 4.30. The van der Waals surface area contributed by atoms with E-state index in [1.807, 2.05) is 0 Å². The van der Waals surface area contributed by atoms with E-state index in [-0.39, 0.29) is 0 Å². The van der Waals surface area contributed by atoms with Crippen molar-refractivity contribution >= 4 is 29.4 Å². The van der Waals surface area contributed by atoms with Crippen LogP contribution in [0.5, 0.6) is 0 Å². The van der Waals surface area contributed by atoms with Gasteiger partial charge in [-0.25, -0.2) is 0 Å². The standard InChI is InChI=1S/C24H29N2OPS/c1-25(2)28(29,22-11-7-4-8-12-22)23-14-13-21(19-20-9-5-3-6-10-20)24(23)26-15-17-27-18-16-26/h3-12,19H,13-18H2,1-2H3/b21-19-. The molecule has 0 bridgehead atoms. The molecule has 0 N–H and O–H groups in total. The largest absolute Gasteiger partial charge is 0.378 e. The predicted octanol–water partition coefficient (Wildman–Crippen LogP) is 4.69. The van der Waals surface area contributed by atoms with E-state index >= 15 is 0 Å². The highest BCUT2D eigenvalue weighted by Crippen LogP contribution is 2.61. The molecule has 2 aromatic carbocycles. The summed E-state index contributed by atoms with van der Waals surface area (Å²) in [6.45, 7) is 3.43. The van der Waals surface area contributed by atoms with Crippen molar-refractivity contribution in [2.45, 2.75) is 12.8 Å². The molecular formula is C24H29N2OPS. The molecule has 1 atom stereocenters. The summed E-state index contributed by atoms with van der Waals surface area (Å²) in [5.74, 6) is 0. The summed E-state index contributed by atoms with van der Waals surface area (Å²) >= 11 is 6.51. The van der Waals surface area contributed by atoms with E-state index in [0.717, 1.165) is 39.1 Å². The predicted molar refractivity (Wildman–Crippen MR) is 127 cm³/mol. The van der Waals surface area contributed by atoms with Gasteiger partial charge in [-0.05, 0) is 44.1 Å². The first kappa shape index (κ1) is 20.6. The smallest absolute Gasteiger partial charge is 0.0686 e. The Morgan fingerprint density at radius 2 is 1.55 bits per heavy atom. The van der Waals surface area contributed by atoms with E-state index in [9.17, 15) is 0 Å². The van der Waals surface area contributed by atoms with Crippen LogP contribution in [0.2, 0.25) is 0 Å². The van der Waals surface area contributed by atoms with Crippen molar-refractivity contribution < 1.29 is 4.74 Å². The van der Waals surface area contributed by atoms with E-state index < -0.39 is 6.19 Å². The third-order valence-corrected chi connectivity index (χ3v) is 11.3. The lowest BCUT2D eigenvalue weighted by Gasteiger charge is -2.36. The topological polar surface area (TPSA) is 15.7 Å². The van der Waals surface area contributed by atoms with Crippen LogP contribution in [0.3, 0.4) is 0 Å². The minimum atomic E-state index is -2.03. The van der Waals surface area contributed by atoms with Crippen LogP contribution in [0, 0.1) is 0 Å². The van der Waals surface area contributed by atoms with Gasteiger partial charge in [-0.1, -0.05) is 72.5 Å². The Bertz CT molecular complexity index is 947. The van der Waals surface area contributed by atoms with Crippen molar-refractivity contribution in [1.29, 1.82) is 0 Å². The summed E-state index contributed by atoms with van der Waals surface area (Å²) in [5.41, 5.74) is 4.06. The molecule has 29 heavy (non-hydrogen) atoms. The summed E-state index contributed by atoms with van der Waals surface area (Å²) in [6.07, 6.45) is 2.42. The molecule has 3 nitrogen and oxygen atoms in total. The fourth-order valence-electron chi connectivity index (χ4n) is 4.29. The van der Waals surface area contributed by atoms with Crippen LogP contribution in [-0.4, -0.2) is 50.0 Å². The normalized spacial score (nSPS) is 21.1. The lowest BCUT2D eigenvalue weighted by molar-refractivity contribution is 0.0548. The van der Waals surface area contributed by atoms with Crippen molar-refractivity contribution in [2.24, 2.45) is 0 Å². The quantitative estimate of drug-likeness (QED) is 0.647. The maximum absolute atomic E-state index is 6.51. The maximum atomic E-state index is 6.51. The summed E-state index contributed by atoms with van der Waals surface area (Å²) < 4.78 is 7.96.